The van der Waals surface area contributed by atoms with Crippen molar-refractivity contribution in [2.45, 2.75) is 68.0 Å². The molecule has 1 N–H and O–H groups in total. The van der Waals surface area contributed by atoms with Crippen LogP contribution < -0.4 is 25.5 Å². The standard InChI is InChI=1S/C48H52N3O7PSi/c1-53-38-25-21-36(22-26-38)48(35-14-7-4-8-15-35,37-23-27-39(54-2)28-24-37)55-33-44-43(32-46(56-44)50-31-29-49-47(50)52)57-59-51-30-13-20-42(51)45(58-59)34-60(3,40-16-9-5-10-17-40)41-18-11-6-12-19-41/h4-12,14-19,21-29,31,42-46H,13,20,30,32-34H2,1-3H3,(H,49,52)/t42-,43-,44+,45+,46+,59?/m0/s1. The number of methoxy groups -OCH3 is 2. The first-order valence-corrected chi connectivity index (χ1v) is 24.6. The second kappa shape index (κ2) is 17.6. The van der Waals surface area contributed by atoms with Gasteiger partial charge in [0.15, 0.2) is 0 Å². The molecule has 3 fully saturated rings. The smallest absolute Gasteiger partial charge is 0.327 e. The molecule has 6 aromatic rings. The van der Waals surface area contributed by atoms with E-state index in [4.69, 9.17) is 28.0 Å². The highest BCUT2D eigenvalue weighted by molar-refractivity contribution is 7.45. The maximum Gasteiger partial charge on any atom is 0.327 e. The van der Waals surface area contributed by atoms with Crippen LogP contribution in [-0.2, 0) is 24.1 Å². The summed E-state index contributed by atoms with van der Waals surface area (Å²) in [6.45, 7) is 3.56. The van der Waals surface area contributed by atoms with E-state index in [2.05, 4.69) is 89.0 Å². The van der Waals surface area contributed by atoms with Crippen LogP contribution in [0.4, 0.5) is 0 Å². The first kappa shape index (κ1) is 40.6. The molecule has 310 valence electrons. The molecule has 3 saturated heterocycles. The zero-order valence-electron chi connectivity index (χ0n) is 34.3. The van der Waals surface area contributed by atoms with E-state index in [0.29, 0.717) is 6.42 Å². The fraction of sp³-hybridized carbons (Fsp3) is 0.312. The maximum atomic E-state index is 13.0. The number of aromatic nitrogens is 2. The van der Waals surface area contributed by atoms with Crippen LogP contribution in [0.15, 0.2) is 157 Å². The summed E-state index contributed by atoms with van der Waals surface area (Å²) in [7, 11) is -0.301. The van der Waals surface area contributed by atoms with Gasteiger partial charge in [-0.3, -0.25) is 4.57 Å². The largest absolute Gasteiger partial charge is 0.497 e. The van der Waals surface area contributed by atoms with Crippen molar-refractivity contribution in [2.75, 3.05) is 27.4 Å². The molecule has 0 spiro atoms. The summed E-state index contributed by atoms with van der Waals surface area (Å²) in [5, 5.41) is 2.80. The number of H-pyrrole nitrogens is 1. The van der Waals surface area contributed by atoms with E-state index in [-0.39, 0.29) is 24.4 Å². The lowest BCUT2D eigenvalue weighted by atomic mass is 9.80. The average Bonchev–Trinajstić information content (AvgIpc) is 4.12. The number of imidazole rings is 1. The van der Waals surface area contributed by atoms with Crippen molar-refractivity contribution in [1.29, 1.82) is 0 Å². The van der Waals surface area contributed by atoms with Crippen molar-refractivity contribution >= 4 is 27.0 Å². The van der Waals surface area contributed by atoms with Crippen molar-refractivity contribution < 1.29 is 28.0 Å². The molecular formula is C48H52N3O7PSi. The predicted molar refractivity (Wildman–Crippen MR) is 237 cm³/mol. The number of nitrogens with one attached hydrogen (secondary N) is 1. The van der Waals surface area contributed by atoms with Crippen LogP contribution in [0.2, 0.25) is 12.6 Å². The van der Waals surface area contributed by atoms with E-state index in [1.54, 1.807) is 31.2 Å². The Balaban J connectivity index is 1.04. The molecule has 3 aliphatic heterocycles. The van der Waals surface area contributed by atoms with E-state index >= 15 is 0 Å². The highest BCUT2D eigenvalue weighted by Gasteiger charge is 2.52. The molecular weight excluding hydrogens is 790 g/mol. The van der Waals surface area contributed by atoms with Gasteiger partial charge in [0.05, 0.1) is 33.0 Å². The molecule has 0 amide bonds. The van der Waals surface area contributed by atoms with Crippen LogP contribution in [0.3, 0.4) is 0 Å². The van der Waals surface area contributed by atoms with Gasteiger partial charge in [0.1, 0.15) is 37.5 Å². The van der Waals surface area contributed by atoms with Gasteiger partial charge in [0.2, 0.25) is 0 Å². The summed E-state index contributed by atoms with van der Waals surface area (Å²) in [5.74, 6) is 1.49. The van der Waals surface area contributed by atoms with Crippen molar-refractivity contribution in [1.82, 2.24) is 14.2 Å². The van der Waals surface area contributed by atoms with Crippen molar-refractivity contribution in [3.05, 3.63) is 179 Å². The molecule has 12 heteroatoms. The number of nitrogens with zero attached hydrogens (tertiary/aromatic N) is 2. The van der Waals surface area contributed by atoms with E-state index < -0.39 is 40.6 Å². The van der Waals surface area contributed by atoms with Gasteiger partial charge >= 0.3 is 5.69 Å². The third-order valence-electron chi connectivity index (χ3n) is 12.6. The lowest BCUT2D eigenvalue weighted by Crippen LogP contribution is -2.58. The Morgan fingerprint density at radius 3 is 1.88 bits per heavy atom. The maximum absolute atomic E-state index is 13.0. The van der Waals surface area contributed by atoms with Gasteiger partial charge < -0.3 is 33.0 Å². The molecule has 1 aromatic heterocycles. The molecule has 9 rings (SSSR count). The zero-order valence-corrected chi connectivity index (χ0v) is 36.2. The van der Waals surface area contributed by atoms with Crippen LogP contribution in [0, 0.1) is 0 Å². The van der Waals surface area contributed by atoms with Crippen LogP contribution in [0.25, 0.3) is 0 Å². The Bertz CT molecular complexity index is 2280. The van der Waals surface area contributed by atoms with E-state index in [1.807, 2.05) is 66.7 Å². The highest BCUT2D eigenvalue weighted by atomic mass is 31.2. The van der Waals surface area contributed by atoms with Crippen LogP contribution in [0.5, 0.6) is 11.5 Å². The third kappa shape index (κ3) is 7.80. The minimum absolute atomic E-state index is 0.0201. The third-order valence-corrected chi connectivity index (χ3v) is 18.8. The number of fused-ring (bicyclic) bond motifs is 1. The van der Waals surface area contributed by atoms with Gasteiger partial charge in [-0.05, 0) is 59.8 Å². The Kier molecular flexibility index (Phi) is 11.9. The summed E-state index contributed by atoms with van der Waals surface area (Å²) in [6, 6.07) is 49.4. The number of benzene rings is 5. The summed E-state index contributed by atoms with van der Waals surface area (Å²) >= 11 is 0. The van der Waals surface area contributed by atoms with E-state index in [0.717, 1.165) is 53.6 Å². The van der Waals surface area contributed by atoms with Gasteiger partial charge in [-0.2, -0.15) is 0 Å². The minimum atomic E-state index is -2.21. The topological polar surface area (TPSA) is 96.4 Å². The van der Waals surface area contributed by atoms with Gasteiger partial charge in [0, 0.05) is 31.4 Å². The van der Waals surface area contributed by atoms with Crippen LogP contribution >= 0.6 is 8.53 Å². The predicted octanol–water partition coefficient (Wildman–Crippen LogP) is 7.86. The lowest BCUT2D eigenvalue weighted by molar-refractivity contribution is -0.0917. The van der Waals surface area contributed by atoms with Gasteiger partial charge in [-0.15, -0.1) is 0 Å². The highest BCUT2D eigenvalue weighted by Crippen LogP contribution is 2.59. The summed E-state index contributed by atoms with van der Waals surface area (Å²) in [6.07, 6.45) is 4.52. The van der Waals surface area contributed by atoms with Crippen molar-refractivity contribution in [3.8, 4) is 11.5 Å². The molecule has 10 nitrogen and oxygen atoms in total. The zero-order chi connectivity index (χ0) is 41.1. The molecule has 0 aliphatic carbocycles. The molecule has 60 heavy (non-hydrogen) atoms. The van der Waals surface area contributed by atoms with Crippen molar-refractivity contribution in [2.24, 2.45) is 0 Å². The quantitative estimate of drug-likeness (QED) is 0.0635. The van der Waals surface area contributed by atoms with Gasteiger partial charge in [-0.25, -0.2) is 9.46 Å². The average molecular weight is 842 g/mol. The summed E-state index contributed by atoms with van der Waals surface area (Å²) < 4.78 is 43.7. The Morgan fingerprint density at radius 2 is 1.33 bits per heavy atom. The number of hydrogen-bond donors (Lipinski definition) is 1. The van der Waals surface area contributed by atoms with Gasteiger partial charge in [0.25, 0.3) is 8.53 Å². The summed E-state index contributed by atoms with van der Waals surface area (Å²) in [5.41, 5.74) is 1.50. The number of ether oxygens (including phenoxy) is 4. The molecule has 3 aliphatic rings. The molecule has 0 saturated carbocycles. The molecule has 0 radical (unpaired) electrons. The van der Waals surface area contributed by atoms with Crippen molar-refractivity contribution in [3.63, 3.8) is 0 Å². The SMILES string of the molecule is COc1ccc(C(OC[C@H]2O[C@@H](n3cc[nH]c3=O)C[C@@H]2OP2O[C@H](C[Si](C)(c3ccccc3)c3ccccc3)[C@@H]3CCCN32)(c2ccccc2)c2ccc(OC)cc2)cc1. The molecule has 5 aromatic carbocycles. The van der Waals surface area contributed by atoms with Gasteiger partial charge in [-0.1, -0.05) is 132 Å². The summed E-state index contributed by atoms with van der Waals surface area (Å²) in [4.78, 5) is 15.8. The Labute approximate surface area is 354 Å². The first-order chi connectivity index (χ1) is 29.4. The number of hydrogen-bond acceptors (Lipinski definition) is 8. The molecule has 6 atom stereocenters. The monoisotopic (exact) mass is 841 g/mol. The molecule has 1 unspecified atom stereocenters. The van der Waals surface area contributed by atoms with Crippen LogP contribution in [0.1, 0.15) is 42.2 Å². The molecule has 0 bridgehead atoms. The second-order valence-corrected chi connectivity index (χ2v) is 21.7. The Hall–Kier alpha value is -4.84. The Morgan fingerprint density at radius 1 is 0.767 bits per heavy atom. The second-order valence-electron chi connectivity index (χ2n) is 16.0. The van der Waals surface area contributed by atoms with E-state index in [9.17, 15) is 4.79 Å². The van der Waals surface area contributed by atoms with Crippen LogP contribution in [-0.4, -0.2) is 74.0 Å². The normalized spacial score (nSPS) is 23.1. The first-order valence-electron chi connectivity index (χ1n) is 20.8. The fourth-order valence-corrected chi connectivity index (χ4v) is 15.3. The minimum Gasteiger partial charge on any atom is -0.497 e. The van der Waals surface area contributed by atoms with E-state index in [1.165, 1.54) is 10.4 Å². The molecule has 4 heterocycles. The number of rotatable bonds is 15. The lowest BCUT2D eigenvalue weighted by Gasteiger charge is -2.37. The fourth-order valence-electron chi connectivity index (χ4n) is 9.37. The number of aromatic amines is 1.